The van der Waals surface area contributed by atoms with Crippen LogP contribution in [0.3, 0.4) is 0 Å². The van der Waals surface area contributed by atoms with Gasteiger partial charge in [-0.3, -0.25) is 14.2 Å². The number of nitrogens with zero attached hydrogens (tertiary/aromatic N) is 4. The Bertz CT molecular complexity index is 1380. The van der Waals surface area contributed by atoms with Gasteiger partial charge >= 0.3 is 0 Å². The topological polar surface area (TPSA) is 102 Å². The lowest BCUT2D eigenvalue weighted by atomic mass is 9.99. The molecule has 4 rings (SSSR count). The highest BCUT2D eigenvalue weighted by Gasteiger charge is 2.24. The summed E-state index contributed by atoms with van der Waals surface area (Å²) in [6.07, 6.45) is 2.61. The number of nitrogens with one attached hydrogen (secondary N) is 1. The molecule has 9 nitrogen and oxygen atoms in total. The van der Waals surface area contributed by atoms with E-state index < -0.39 is 11.5 Å². The van der Waals surface area contributed by atoms with Gasteiger partial charge in [-0.25, -0.2) is 4.98 Å². The van der Waals surface area contributed by atoms with Gasteiger partial charge in [-0.05, 0) is 28.8 Å². The summed E-state index contributed by atoms with van der Waals surface area (Å²) < 4.78 is 11.3. The van der Waals surface area contributed by atoms with Crippen molar-refractivity contribution < 1.29 is 14.1 Å². The number of ether oxygens (including phenoxy) is 1. The minimum absolute atomic E-state index is 0.142. The van der Waals surface area contributed by atoms with Gasteiger partial charge in [0.15, 0.2) is 5.69 Å². The Morgan fingerprint density at radius 3 is 2.74 bits per heavy atom. The van der Waals surface area contributed by atoms with Crippen molar-refractivity contribution in [3.8, 4) is 16.9 Å². The Balaban J connectivity index is 1.71. The van der Waals surface area contributed by atoms with Gasteiger partial charge in [-0.1, -0.05) is 53.2 Å². The van der Waals surface area contributed by atoms with Crippen LogP contribution in [-0.4, -0.2) is 34.8 Å². The number of halogens is 1. The lowest BCUT2D eigenvalue weighted by Gasteiger charge is -2.23. The first-order chi connectivity index (χ1) is 16.4. The lowest BCUT2D eigenvalue weighted by Crippen LogP contribution is -2.32. The molecule has 0 spiro atoms. The normalized spacial score (nSPS) is 10.7. The molecule has 0 aliphatic heterocycles. The number of anilines is 2. The van der Waals surface area contributed by atoms with E-state index in [1.54, 1.807) is 19.0 Å². The van der Waals surface area contributed by atoms with Crippen molar-refractivity contribution in [3.05, 3.63) is 87.6 Å². The first-order valence-electron chi connectivity index (χ1n) is 10.3. The van der Waals surface area contributed by atoms with Crippen LogP contribution >= 0.6 is 11.6 Å². The van der Waals surface area contributed by atoms with E-state index in [1.807, 2.05) is 48.5 Å². The molecular formula is C24H22ClN5O4. The summed E-state index contributed by atoms with van der Waals surface area (Å²) in [5, 5.41) is 6.79. The Morgan fingerprint density at radius 2 is 2.03 bits per heavy atom. The number of hydrogen-bond acceptors (Lipinski definition) is 7. The molecule has 0 bridgehead atoms. The van der Waals surface area contributed by atoms with Crippen LogP contribution in [0.4, 0.5) is 11.6 Å². The first-order valence-corrected chi connectivity index (χ1v) is 10.7. The van der Waals surface area contributed by atoms with Crippen LogP contribution in [0.5, 0.6) is 5.75 Å². The predicted octanol–water partition coefficient (Wildman–Crippen LogP) is 3.99. The van der Waals surface area contributed by atoms with Gasteiger partial charge in [0.05, 0.1) is 13.3 Å². The molecule has 0 atom stereocenters. The molecular weight excluding hydrogens is 458 g/mol. The van der Waals surface area contributed by atoms with Crippen molar-refractivity contribution in [2.75, 3.05) is 24.4 Å². The highest BCUT2D eigenvalue weighted by atomic mass is 35.5. The van der Waals surface area contributed by atoms with E-state index in [0.717, 1.165) is 16.7 Å². The molecule has 10 heteroatoms. The van der Waals surface area contributed by atoms with Crippen LogP contribution < -0.4 is 20.5 Å². The minimum Gasteiger partial charge on any atom is -0.489 e. The SMILES string of the molecule is COc1c(C(=O)Nc2cnoc2)nc(N(C)Cc2ccccc2-c2cccc(Cl)c2)n(C)c1=O. The van der Waals surface area contributed by atoms with E-state index >= 15 is 0 Å². The van der Waals surface area contributed by atoms with E-state index in [2.05, 4.69) is 15.5 Å². The van der Waals surface area contributed by atoms with Crippen LogP contribution in [0.25, 0.3) is 11.1 Å². The second kappa shape index (κ2) is 9.80. The fourth-order valence-electron chi connectivity index (χ4n) is 3.63. The molecule has 2 aromatic heterocycles. The molecule has 2 heterocycles. The maximum Gasteiger partial charge on any atom is 0.297 e. The van der Waals surface area contributed by atoms with Gasteiger partial charge in [0, 0.05) is 25.7 Å². The molecule has 0 radical (unpaired) electrons. The first kappa shape index (κ1) is 23.1. The van der Waals surface area contributed by atoms with E-state index in [1.165, 1.54) is 24.1 Å². The maximum atomic E-state index is 13.0. The number of hydrogen-bond donors (Lipinski definition) is 1. The number of carbonyl (C=O) groups is 1. The molecule has 0 aliphatic rings. The molecule has 0 fully saturated rings. The number of aromatic nitrogens is 3. The van der Waals surface area contributed by atoms with Crippen LogP contribution in [-0.2, 0) is 13.6 Å². The number of carbonyl (C=O) groups excluding carboxylic acids is 1. The van der Waals surface area contributed by atoms with Crippen molar-refractivity contribution in [2.45, 2.75) is 6.54 Å². The van der Waals surface area contributed by atoms with Gasteiger partial charge in [0.2, 0.25) is 11.7 Å². The molecule has 34 heavy (non-hydrogen) atoms. The maximum absolute atomic E-state index is 13.0. The Labute approximate surface area is 200 Å². The van der Waals surface area contributed by atoms with Crippen LogP contribution in [0.2, 0.25) is 5.02 Å². The van der Waals surface area contributed by atoms with E-state index in [4.69, 9.17) is 20.9 Å². The van der Waals surface area contributed by atoms with E-state index in [0.29, 0.717) is 23.2 Å². The van der Waals surface area contributed by atoms with Crippen molar-refractivity contribution in [1.29, 1.82) is 0 Å². The van der Waals surface area contributed by atoms with Gasteiger partial charge in [0.25, 0.3) is 11.5 Å². The van der Waals surface area contributed by atoms with E-state index in [9.17, 15) is 9.59 Å². The molecule has 1 N–H and O–H groups in total. The summed E-state index contributed by atoms with van der Waals surface area (Å²) >= 11 is 6.20. The van der Waals surface area contributed by atoms with Gasteiger partial charge in [0.1, 0.15) is 12.0 Å². The number of amides is 1. The second-order valence-corrected chi connectivity index (χ2v) is 7.99. The highest BCUT2D eigenvalue weighted by molar-refractivity contribution is 6.30. The van der Waals surface area contributed by atoms with Crippen LogP contribution in [0, 0.1) is 0 Å². The fraction of sp³-hybridized carbons (Fsp3) is 0.167. The monoisotopic (exact) mass is 479 g/mol. The van der Waals surface area contributed by atoms with Gasteiger partial charge in [-0.15, -0.1) is 0 Å². The summed E-state index contributed by atoms with van der Waals surface area (Å²) in [4.78, 5) is 32.1. The van der Waals surface area contributed by atoms with Crippen molar-refractivity contribution in [1.82, 2.24) is 14.7 Å². The third-order valence-electron chi connectivity index (χ3n) is 5.24. The molecule has 174 valence electrons. The summed E-state index contributed by atoms with van der Waals surface area (Å²) in [6, 6.07) is 15.5. The number of methoxy groups -OCH3 is 1. The third-order valence-corrected chi connectivity index (χ3v) is 5.47. The molecule has 0 saturated heterocycles. The zero-order valence-electron chi connectivity index (χ0n) is 18.8. The average Bonchev–Trinajstić information content (AvgIpc) is 3.34. The molecule has 1 amide bonds. The minimum atomic E-state index is -0.619. The summed E-state index contributed by atoms with van der Waals surface area (Å²) in [6.45, 7) is 0.419. The quantitative estimate of drug-likeness (QED) is 0.427. The summed E-state index contributed by atoms with van der Waals surface area (Å²) in [5.74, 6) is -0.484. The smallest absolute Gasteiger partial charge is 0.297 e. The van der Waals surface area contributed by atoms with Crippen molar-refractivity contribution >= 4 is 29.1 Å². The second-order valence-electron chi connectivity index (χ2n) is 7.55. The van der Waals surface area contributed by atoms with Crippen LogP contribution in [0.15, 0.2) is 70.3 Å². The number of rotatable bonds is 7. The average molecular weight is 480 g/mol. The summed E-state index contributed by atoms with van der Waals surface area (Å²) in [5.41, 5.74) is 2.67. The molecule has 0 aliphatic carbocycles. The lowest BCUT2D eigenvalue weighted by molar-refractivity contribution is 0.101. The zero-order chi connectivity index (χ0) is 24.2. The highest BCUT2D eigenvalue weighted by Crippen LogP contribution is 2.28. The Hall–Kier alpha value is -4.11. The van der Waals surface area contributed by atoms with E-state index in [-0.39, 0.29) is 11.4 Å². The third kappa shape index (κ3) is 4.65. The molecule has 0 saturated carbocycles. The predicted molar refractivity (Wildman–Crippen MR) is 129 cm³/mol. The number of benzene rings is 2. The van der Waals surface area contributed by atoms with Crippen LogP contribution in [0.1, 0.15) is 16.1 Å². The van der Waals surface area contributed by atoms with Gasteiger partial charge < -0.3 is 19.5 Å². The Kier molecular flexibility index (Phi) is 6.65. The van der Waals surface area contributed by atoms with Crippen molar-refractivity contribution in [2.24, 2.45) is 7.05 Å². The largest absolute Gasteiger partial charge is 0.489 e. The molecule has 4 aromatic rings. The fourth-order valence-corrected chi connectivity index (χ4v) is 3.82. The molecule has 2 aromatic carbocycles. The molecule has 0 unspecified atom stereocenters. The standard InChI is InChI=1S/C24H22ClN5O4/c1-29(13-16-7-4-5-10-19(16)15-8-6-9-17(25)11-15)24-28-20(21(33-3)23(32)30(24)2)22(31)27-18-12-26-34-14-18/h4-12,14H,13H2,1-3H3,(H,27,31). The summed E-state index contributed by atoms with van der Waals surface area (Å²) in [7, 11) is 4.69. The van der Waals surface area contributed by atoms with Crippen molar-refractivity contribution in [3.63, 3.8) is 0 Å². The Morgan fingerprint density at radius 1 is 1.24 bits per heavy atom. The van der Waals surface area contributed by atoms with Gasteiger partial charge in [-0.2, -0.15) is 0 Å². The zero-order valence-corrected chi connectivity index (χ0v) is 19.5.